The molecule has 0 saturated carbocycles. The van der Waals surface area contributed by atoms with E-state index in [0.717, 1.165) is 25.1 Å². The van der Waals surface area contributed by atoms with Gasteiger partial charge in [-0.3, -0.25) is 4.90 Å². The number of hydrogen-bond donors (Lipinski definition) is 3. The maximum atomic E-state index is 9.72. The normalized spacial score (nSPS) is 26.0. The van der Waals surface area contributed by atoms with Gasteiger partial charge in [0.1, 0.15) is 11.5 Å². The monoisotopic (exact) mass is 236 g/mol. The number of nitrogens with zero attached hydrogens (tertiary/aromatic N) is 1. The van der Waals surface area contributed by atoms with E-state index in [1.165, 1.54) is 6.07 Å². The first-order valence-electron chi connectivity index (χ1n) is 6.05. The predicted molar refractivity (Wildman–Crippen MR) is 66.8 cm³/mol. The number of phenolic OH excluding ortho intramolecular Hbond substituents is 2. The third kappa shape index (κ3) is 2.90. The van der Waals surface area contributed by atoms with Crippen molar-refractivity contribution < 1.29 is 10.2 Å². The first-order chi connectivity index (χ1) is 8.06. The Balaban J connectivity index is 2.01. The van der Waals surface area contributed by atoms with E-state index < -0.39 is 0 Å². The van der Waals surface area contributed by atoms with Crippen LogP contribution in [0.1, 0.15) is 18.9 Å². The zero-order chi connectivity index (χ0) is 12.4. The summed E-state index contributed by atoms with van der Waals surface area (Å²) in [5.74, 6) is 0.812. The minimum atomic E-state index is 0.0928. The van der Waals surface area contributed by atoms with E-state index in [2.05, 4.69) is 11.8 Å². The first kappa shape index (κ1) is 12.2. The average Bonchev–Trinajstić information content (AvgIpc) is 2.27. The van der Waals surface area contributed by atoms with E-state index in [-0.39, 0.29) is 17.5 Å². The highest BCUT2D eigenvalue weighted by Crippen LogP contribution is 2.25. The molecule has 0 bridgehead atoms. The average molecular weight is 236 g/mol. The SMILES string of the molecule is CC1CCN(Cc2ccc(O)cc2O)CC1N. The van der Waals surface area contributed by atoms with Crippen LogP contribution in [0.15, 0.2) is 18.2 Å². The Bertz CT molecular complexity index is 395. The smallest absolute Gasteiger partial charge is 0.123 e. The van der Waals surface area contributed by atoms with Crippen molar-refractivity contribution in [2.75, 3.05) is 13.1 Å². The Labute approximate surface area is 102 Å². The summed E-state index contributed by atoms with van der Waals surface area (Å²) < 4.78 is 0. The Hall–Kier alpha value is -1.26. The quantitative estimate of drug-likeness (QED) is 0.723. The molecule has 1 aliphatic rings. The van der Waals surface area contributed by atoms with Gasteiger partial charge in [-0.1, -0.05) is 13.0 Å². The van der Waals surface area contributed by atoms with Crippen LogP contribution in [0.3, 0.4) is 0 Å². The summed E-state index contributed by atoms with van der Waals surface area (Å²) in [6.07, 6.45) is 1.10. The van der Waals surface area contributed by atoms with Gasteiger partial charge >= 0.3 is 0 Å². The van der Waals surface area contributed by atoms with E-state index in [0.29, 0.717) is 12.5 Å². The molecule has 0 radical (unpaired) electrons. The van der Waals surface area contributed by atoms with Gasteiger partial charge in [0.25, 0.3) is 0 Å². The molecule has 1 heterocycles. The Morgan fingerprint density at radius 1 is 1.41 bits per heavy atom. The molecule has 1 fully saturated rings. The Morgan fingerprint density at radius 3 is 2.82 bits per heavy atom. The summed E-state index contributed by atoms with van der Waals surface area (Å²) in [7, 11) is 0. The number of nitrogens with two attached hydrogens (primary N) is 1. The molecule has 4 N–H and O–H groups in total. The highest BCUT2D eigenvalue weighted by atomic mass is 16.3. The number of rotatable bonds is 2. The van der Waals surface area contributed by atoms with Gasteiger partial charge in [-0.15, -0.1) is 0 Å². The van der Waals surface area contributed by atoms with Gasteiger partial charge in [0.05, 0.1) is 0 Å². The van der Waals surface area contributed by atoms with Crippen molar-refractivity contribution >= 4 is 0 Å². The van der Waals surface area contributed by atoms with E-state index in [1.54, 1.807) is 12.1 Å². The fourth-order valence-corrected chi connectivity index (χ4v) is 2.24. The fourth-order valence-electron chi connectivity index (χ4n) is 2.24. The van der Waals surface area contributed by atoms with Crippen LogP contribution >= 0.6 is 0 Å². The molecule has 4 nitrogen and oxygen atoms in total. The molecule has 2 unspecified atom stereocenters. The number of phenols is 2. The maximum absolute atomic E-state index is 9.72. The van der Waals surface area contributed by atoms with Crippen LogP contribution in [-0.2, 0) is 6.54 Å². The zero-order valence-corrected chi connectivity index (χ0v) is 10.1. The molecule has 1 saturated heterocycles. The second kappa shape index (κ2) is 4.94. The van der Waals surface area contributed by atoms with Gasteiger partial charge in [-0.05, 0) is 24.9 Å². The second-order valence-electron chi connectivity index (χ2n) is 4.98. The highest BCUT2D eigenvalue weighted by Gasteiger charge is 2.23. The van der Waals surface area contributed by atoms with Gasteiger partial charge in [0.15, 0.2) is 0 Å². The largest absolute Gasteiger partial charge is 0.508 e. The molecular formula is C13H20N2O2. The molecule has 2 rings (SSSR count). The Morgan fingerprint density at radius 2 is 2.18 bits per heavy atom. The van der Waals surface area contributed by atoms with Crippen LogP contribution in [0.25, 0.3) is 0 Å². The van der Waals surface area contributed by atoms with Gasteiger partial charge < -0.3 is 15.9 Å². The molecular weight excluding hydrogens is 216 g/mol. The summed E-state index contributed by atoms with van der Waals surface area (Å²) in [6, 6.07) is 4.94. The zero-order valence-electron chi connectivity index (χ0n) is 10.1. The van der Waals surface area contributed by atoms with E-state index in [4.69, 9.17) is 5.73 Å². The topological polar surface area (TPSA) is 69.7 Å². The maximum Gasteiger partial charge on any atom is 0.123 e. The van der Waals surface area contributed by atoms with Crippen LogP contribution in [0.4, 0.5) is 0 Å². The molecule has 1 aliphatic heterocycles. The first-order valence-corrected chi connectivity index (χ1v) is 6.05. The van der Waals surface area contributed by atoms with Crippen LogP contribution in [-0.4, -0.2) is 34.2 Å². The lowest BCUT2D eigenvalue weighted by atomic mass is 9.94. The molecule has 0 aliphatic carbocycles. The van der Waals surface area contributed by atoms with E-state index in [9.17, 15) is 10.2 Å². The Kier molecular flexibility index (Phi) is 3.54. The molecule has 1 aromatic rings. The van der Waals surface area contributed by atoms with Crippen molar-refractivity contribution in [3.8, 4) is 11.5 Å². The van der Waals surface area contributed by atoms with Gasteiger partial charge in [0.2, 0.25) is 0 Å². The lowest BCUT2D eigenvalue weighted by Crippen LogP contribution is -2.47. The van der Waals surface area contributed by atoms with Gasteiger partial charge in [-0.25, -0.2) is 0 Å². The molecule has 4 heteroatoms. The van der Waals surface area contributed by atoms with E-state index in [1.807, 2.05) is 0 Å². The molecule has 94 valence electrons. The number of likely N-dealkylation sites (tertiary alicyclic amines) is 1. The number of hydrogen-bond acceptors (Lipinski definition) is 4. The fraction of sp³-hybridized carbons (Fsp3) is 0.538. The highest BCUT2D eigenvalue weighted by molar-refractivity contribution is 5.38. The minimum Gasteiger partial charge on any atom is -0.508 e. The summed E-state index contributed by atoms with van der Waals surface area (Å²) in [5.41, 5.74) is 6.88. The number of piperidine rings is 1. The minimum absolute atomic E-state index is 0.0928. The standard InChI is InChI=1S/C13H20N2O2/c1-9-4-5-15(8-12(9)14)7-10-2-3-11(16)6-13(10)17/h2-3,6,9,12,16-17H,4-5,7-8,14H2,1H3. The number of benzene rings is 1. The second-order valence-corrected chi connectivity index (χ2v) is 4.98. The van der Waals surface area contributed by atoms with Crippen molar-refractivity contribution in [3.63, 3.8) is 0 Å². The van der Waals surface area contributed by atoms with Crippen molar-refractivity contribution in [1.29, 1.82) is 0 Å². The van der Waals surface area contributed by atoms with Crippen LogP contribution in [0.5, 0.6) is 11.5 Å². The molecule has 0 amide bonds. The number of aromatic hydroxyl groups is 2. The molecule has 17 heavy (non-hydrogen) atoms. The van der Waals surface area contributed by atoms with E-state index >= 15 is 0 Å². The third-order valence-electron chi connectivity index (χ3n) is 3.56. The molecule has 2 atom stereocenters. The molecule has 0 spiro atoms. The predicted octanol–water partition coefficient (Wildman–Crippen LogP) is 1.27. The lowest BCUT2D eigenvalue weighted by Gasteiger charge is -2.35. The van der Waals surface area contributed by atoms with Crippen molar-refractivity contribution in [2.24, 2.45) is 11.7 Å². The summed E-state index contributed by atoms with van der Waals surface area (Å²) in [5, 5.41) is 18.9. The summed E-state index contributed by atoms with van der Waals surface area (Å²) >= 11 is 0. The summed E-state index contributed by atoms with van der Waals surface area (Å²) in [4.78, 5) is 2.25. The third-order valence-corrected chi connectivity index (χ3v) is 3.56. The van der Waals surface area contributed by atoms with Crippen molar-refractivity contribution in [1.82, 2.24) is 4.90 Å². The van der Waals surface area contributed by atoms with Crippen molar-refractivity contribution in [2.45, 2.75) is 25.9 Å². The van der Waals surface area contributed by atoms with Crippen LogP contribution in [0, 0.1) is 5.92 Å². The lowest BCUT2D eigenvalue weighted by molar-refractivity contribution is 0.161. The van der Waals surface area contributed by atoms with Gasteiger partial charge in [-0.2, -0.15) is 0 Å². The summed E-state index contributed by atoms with van der Waals surface area (Å²) in [6.45, 7) is 4.74. The van der Waals surface area contributed by atoms with Crippen molar-refractivity contribution in [3.05, 3.63) is 23.8 Å². The van der Waals surface area contributed by atoms with Gasteiger partial charge in [0, 0.05) is 30.8 Å². The van der Waals surface area contributed by atoms with Crippen LogP contribution in [0.2, 0.25) is 0 Å². The van der Waals surface area contributed by atoms with Crippen LogP contribution < -0.4 is 5.73 Å². The molecule has 1 aromatic carbocycles. The molecule has 0 aromatic heterocycles.